The number of alkyl halides is 2. The Morgan fingerprint density at radius 1 is 1.07 bits per heavy atom. The van der Waals surface area contributed by atoms with Crippen molar-refractivity contribution in [3.05, 3.63) is 72.2 Å². The number of hydrogen-bond acceptors (Lipinski definition) is 8. The highest BCUT2D eigenvalue weighted by molar-refractivity contribution is 7.59. The zero-order chi connectivity index (χ0) is 28.8. The fourth-order valence-electron chi connectivity index (χ4n) is 5.33. The minimum Gasteiger partial charge on any atom is -0.369 e. The molecule has 1 aromatic carbocycles. The Balaban J connectivity index is 0.00000405. The molecule has 0 bridgehead atoms. The predicted molar refractivity (Wildman–Crippen MR) is 164 cm³/mol. The number of nitrogens with one attached hydrogen (secondary N) is 2. The predicted octanol–water partition coefficient (Wildman–Crippen LogP) is 4.69. The van der Waals surface area contributed by atoms with Crippen LogP contribution in [0, 0.1) is 5.92 Å². The van der Waals surface area contributed by atoms with Crippen molar-refractivity contribution in [1.82, 2.24) is 35.1 Å². The molecular formula is C30H36F2N8OS. The molecule has 222 valence electrons. The van der Waals surface area contributed by atoms with Crippen LogP contribution in [-0.2, 0) is 6.42 Å². The first-order valence-electron chi connectivity index (χ1n) is 13.9. The number of piperidine rings is 1. The number of amides is 1. The SMILES string of the molecule is CNC(=O)c1ccnc2c([C@H](C)CNc3cc(-c4cnc(CC5CCN(CC(F)F)CC5)nc4)ncn3)cccc12.S. The van der Waals surface area contributed by atoms with Crippen LogP contribution in [0.25, 0.3) is 22.2 Å². The largest absolute Gasteiger partial charge is 0.369 e. The average Bonchev–Trinajstić information content (AvgIpc) is 3.00. The Bertz CT molecular complexity index is 1480. The van der Waals surface area contributed by atoms with Gasteiger partial charge in [0.05, 0.1) is 23.3 Å². The molecule has 1 aliphatic heterocycles. The van der Waals surface area contributed by atoms with E-state index in [1.54, 1.807) is 31.7 Å². The molecule has 0 saturated carbocycles. The lowest BCUT2D eigenvalue weighted by atomic mass is 9.93. The summed E-state index contributed by atoms with van der Waals surface area (Å²) in [6.45, 7) is 3.94. The Hall–Kier alpha value is -3.77. The molecule has 2 N–H and O–H groups in total. The van der Waals surface area contributed by atoms with Gasteiger partial charge in [0.25, 0.3) is 12.3 Å². The van der Waals surface area contributed by atoms with Crippen LogP contribution >= 0.6 is 13.5 Å². The molecule has 0 spiro atoms. The third kappa shape index (κ3) is 7.54. The maximum Gasteiger partial charge on any atom is 0.251 e. The number of likely N-dealkylation sites (tertiary alicyclic amines) is 1. The second kappa shape index (κ2) is 14.4. The number of aromatic nitrogens is 5. The Morgan fingerprint density at radius 3 is 2.55 bits per heavy atom. The molecule has 3 aromatic heterocycles. The van der Waals surface area contributed by atoms with Crippen molar-refractivity contribution in [3.8, 4) is 11.3 Å². The molecule has 1 amide bonds. The van der Waals surface area contributed by atoms with Gasteiger partial charge >= 0.3 is 0 Å². The van der Waals surface area contributed by atoms with E-state index in [0.717, 1.165) is 47.1 Å². The molecule has 1 aliphatic rings. The number of anilines is 1. The van der Waals surface area contributed by atoms with Crippen molar-refractivity contribution < 1.29 is 13.6 Å². The Kier molecular flexibility index (Phi) is 10.7. The van der Waals surface area contributed by atoms with Gasteiger partial charge in [-0.1, -0.05) is 25.1 Å². The number of hydrogen-bond donors (Lipinski definition) is 2. The van der Waals surface area contributed by atoms with Crippen molar-refractivity contribution >= 4 is 36.1 Å². The van der Waals surface area contributed by atoms with Gasteiger partial charge in [0.1, 0.15) is 18.0 Å². The molecule has 42 heavy (non-hydrogen) atoms. The van der Waals surface area contributed by atoms with Crippen LogP contribution in [-0.4, -0.2) is 75.4 Å². The summed E-state index contributed by atoms with van der Waals surface area (Å²) in [5, 5.41) is 6.91. The Morgan fingerprint density at radius 2 is 1.83 bits per heavy atom. The van der Waals surface area contributed by atoms with E-state index < -0.39 is 6.43 Å². The van der Waals surface area contributed by atoms with Gasteiger partial charge in [0.2, 0.25) is 0 Å². The van der Waals surface area contributed by atoms with Gasteiger partial charge in [-0.25, -0.2) is 28.7 Å². The maximum atomic E-state index is 12.6. The maximum absolute atomic E-state index is 12.6. The smallest absolute Gasteiger partial charge is 0.251 e. The van der Waals surface area contributed by atoms with Gasteiger partial charge < -0.3 is 10.6 Å². The number of fused-ring (bicyclic) bond motifs is 1. The summed E-state index contributed by atoms with van der Waals surface area (Å²) in [7, 11) is 1.62. The number of halogens is 2. The van der Waals surface area contributed by atoms with E-state index in [1.165, 1.54) is 6.33 Å². The highest BCUT2D eigenvalue weighted by Gasteiger charge is 2.22. The standard InChI is InChI=1S/C30H34F2N8O.H2S/c1-19(22-4-3-5-23-24(30(41)33-2)6-9-34-29(22)23)14-35-28-13-25(38-18-39-28)21-15-36-27(37-16-21)12-20-7-10-40(11-8-20)17-26(31)32;/h3-6,9,13,15-16,18-20,26H,7-8,10-12,14,17H2,1-2H3,(H,33,41)(H,35,38,39);1H2/t19-;/m1./s1. The molecular weight excluding hydrogens is 558 g/mol. The highest BCUT2D eigenvalue weighted by Crippen LogP contribution is 2.27. The zero-order valence-electron chi connectivity index (χ0n) is 23.7. The molecule has 1 atom stereocenters. The van der Waals surface area contributed by atoms with E-state index in [1.807, 2.05) is 29.2 Å². The summed E-state index contributed by atoms with van der Waals surface area (Å²) in [4.78, 5) is 36.6. The molecule has 0 unspecified atom stereocenters. The first-order chi connectivity index (χ1) is 19.9. The lowest BCUT2D eigenvalue weighted by Crippen LogP contribution is -2.37. The van der Waals surface area contributed by atoms with Crippen LogP contribution in [0.1, 0.15) is 47.4 Å². The van der Waals surface area contributed by atoms with Crippen LogP contribution in [0.5, 0.6) is 0 Å². The molecule has 5 rings (SSSR count). The summed E-state index contributed by atoms with van der Waals surface area (Å²) < 4.78 is 25.2. The fraction of sp³-hybridized carbons (Fsp3) is 0.400. The minimum atomic E-state index is -2.28. The van der Waals surface area contributed by atoms with Crippen molar-refractivity contribution in [2.75, 3.05) is 38.5 Å². The number of para-hydroxylation sites is 1. The summed E-state index contributed by atoms with van der Waals surface area (Å²) in [5.41, 5.74) is 3.95. The minimum absolute atomic E-state index is 0. The van der Waals surface area contributed by atoms with Gasteiger partial charge in [-0.2, -0.15) is 13.5 Å². The number of benzene rings is 1. The van der Waals surface area contributed by atoms with E-state index in [9.17, 15) is 13.6 Å². The molecule has 4 aromatic rings. The van der Waals surface area contributed by atoms with E-state index in [2.05, 4.69) is 42.5 Å². The summed E-state index contributed by atoms with van der Waals surface area (Å²) in [6.07, 6.45) is 6.94. The summed E-state index contributed by atoms with van der Waals surface area (Å²) in [6, 6.07) is 9.50. The normalized spacial score (nSPS) is 14.9. The van der Waals surface area contributed by atoms with Crippen LogP contribution in [0.3, 0.4) is 0 Å². The molecule has 0 radical (unpaired) electrons. The van der Waals surface area contributed by atoms with E-state index in [0.29, 0.717) is 42.6 Å². The first-order valence-corrected chi connectivity index (χ1v) is 13.9. The number of carbonyl (C=O) groups is 1. The van der Waals surface area contributed by atoms with Gasteiger partial charge in [0.15, 0.2) is 0 Å². The van der Waals surface area contributed by atoms with E-state index in [4.69, 9.17) is 0 Å². The molecule has 0 aliphatic carbocycles. The van der Waals surface area contributed by atoms with Crippen molar-refractivity contribution in [2.24, 2.45) is 5.92 Å². The quantitative estimate of drug-likeness (QED) is 0.272. The van der Waals surface area contributed by atoms with Crippen LogP contribution in [0.15, 0.2) is 55.2 Å². The van der Waals surface area contributed by atoms with Crippen LogP contribution < -0.4 is 10.6 Å². The van der Waals surface area contributed by atoms with Gasteiger partial charge in [0, 0.05) is 61.5 Å². The van der Waals surface area contributed by atoms with Crippen molar-refractivity contribution in [3.63, 3.8) is 0 Å². The average molecular weight is 595 g/mol. The summed E-state index contributed by atoms with van der Waals surface area (Å²) in [5.74, 6) is 1.79. The van der Waals surface area contributed by atoms with E-state index in [-0.39, 0.29) is 31.9 Å². The van der Waals surface area contributed by atoms with Crippen molar-refractivity contribution in [2.45, 2.75) is 38.5 Å². The van der Waals surface area contributed by atoms with Gasteiger partial charge in [-0.05, 0) is 43.5 Å². The fourth-order valence-corrected chi connectivity index (χ4v) is 5.33. The summed E-state index contributed by atoms with van der Waals surface area (Å²) >= 11 is 0. The molecule has 9 nitrogen and oxygen atoms in total. The van der Waals surface area contributed by atoms with Gasteiger partial charge in [-0.3, -0.25) is 14.7 Å². The second-order valence-corrected chi connectivity index (χ2v) is 10.5. The number of rotatable bonds is 10. The second-order valence-electron chi connectivity index (χ2n) is 10.5. The molecule has 12 heteroatoms. The van der Waals surface area contributed by atoms with E-state index >= 15 is 0 Å². The highest BCUT2D eigenvalue weighted by atomic mass is 32.1. The molecule has 1 fully saturated rings. The lowest BCUT2D eigenvalue weighted by Gasteiger charge is -2.31. The van der Waals surface area contributed by atoms with Crippen LogP contribution in [0.2, 0.25) is 0 Å². The lowest BCUT2D eigenvalue weighted by molar-refractivity contribution is 0.0688. The monoisotopic (exact) mass is 594 g/mol. The topological polar surface area (TPSA) is 109 Å². The Labute approximate surface area is 251 Å². The van der Waals surface area contributed by atoms with Gasteiger partial charge in [-0.15, -0.1) is 0 Å². The number of carbonyl (C=O) groups excluding carboxylic acids is 1. The third-order valence-electron chi connectivity index (χ3n) is 7.64. The van der Waals surface area contributed by atoms with Crippen molar-refractivity contribution in [1.29, 1.82) is 0 Å². The molecule has 1 saturated heterocycles. The zero-order valence-corrected chi connectivity index (χ0v) is 24.7. The number of nitrogens with zero attached hydrogens (tertiary/aromatic N) is 6. The molecule has 4 heterocycles. The third-order valence-corrected chi connectivity index (χ3v) is 7.64. The first kappa shape index (κ1) is 31.2. The van der Waals surface area contributed by atoms with Crippen LogP contribution in [0.4, 0.5) is 14.6 Å². The number of pyridine rings is 1.